The van der Waals surface area contributed by atoms with Gasteiger partial charge < -0.3 is 4.57 Å². The molecule has 2 aromatic heterocycles. The van der Waals surface area contributed by atoms with Gasteiger partial charge in [0.2, 0.25) is 0 Å². The summed E-state index contributed by atoms with van der Waals surface area (Å²) in [6, 6.07) is 1.65. The summed E-state index contributed by atoms with van der Waals surface area (Å²) in [5.41, 5.74) is 0.884. The van der Waals surface area contributed by atoms with Gasteiger partial charge in [-0.2, -0.15) is 0 Å². The van der Waals surface area contributed by atoms with Crippen molar-refractivity contribution in [3.8, 4) is 11.5 Å². The molecule has 0 aliphatic rings. The SMILES string of the molecule is CCn1cncc1-c1nccc(Cl)n1. The number of aryl methyl sites for hydroxylation is 1. The Morgan fingerprint density at radius 2 is 2.36 bits per heavy atom. The Labute approximate surface area is 86.6 Å². The molecule has 0 aliphatic heterocycles. The highest BCUT2D eigenvalue weighted by Gasteiger charge is 2.06. The van der Waals surface area contributed by atoms with Crippen LogP contribution in [0.5, 0.6) is 0 Å². The summed E-state index contributed by atoms with van der Waals surface area (Å²) >= 11 is 5.78. The van der Waals surface area contributed by atoms with E-state index in [4.69, 9.17) is 11.6 Å². The summed E-state index contributed by atoms with van der Waals surface area (Å²) in [7, 11) is 0. The molecule has 0 spiro atoms. The molecule has 0 aromatic carbocycles. The number of rotatable bonds is 2. The van der Waals surface area contributed by atoms with Crippen LogP contribution in [0.3, 0.4) is 0 Å². The lowest BCUT2D eigenvalue weighted by atomic mass is 10.4. The van der Waals surface area contributed by atoms with Crippen LogP contribution in [0.2, 0.25) is 5.15 Å². The fraction of sp³-hybridized carbons (Fsp3) is 0.222. The molecular formula is C9H9ClN4. The molecule has 0 bridgehead atoms. The second kappa shape index (κ2) is 3.75. The zero-order chi connectivity index (χ0) is 9.97. The lowest BCUT2D eigenvalue weighted by molar-refractivity contribution is 0.763. The van der Waals surface area contributed by atoms with Gasteiger partial charge in [-0.3, -0.25) is 0 Å². The summed E-state index contributed by atoms with van der Waals surface area (Å²) in [5.74, 6) is 0.608. The van der Waals surface area contributed by atoms with Crippen molar-refractivity contribution in [3.05, 3.63) is 29.9 Å². The van der Waals surface area contributed by atoms with Crippen molar-refractivity contribution in [2.45, 2.75) is 13.5 Å². The fourth-order valence-electron chi connectivity index (χ4n) is 1.22. The van der Waals surface area contributed by atoms with Crippen LogP contribution in [0.15, 0.2) is 24.8 Å². The van der Waals surface area contributed by atoms with Gasteiger partial charge in [-0.25, -0.2) is 15.0 Å². The van der Waals surface area contributed by atoms with Gasteiger partial charge in [-0.15, -0.1) is 0 Å². The van der Waals surface area contributed by atoms with Gasteiger partial charge in [0.15, 0.2) is 5.82 Å². The maximum atomic E-state index is 5.78. The Hall–Kier alpha value is -1.42. The fourth-order valence-corrected chi connectivity index (χ4v) is 1.36. The van der Waals surface area contributed by atoms with Gasteiger partial charge >= 0.3 is 0 Å². The predicted octanol–water partition coefficient (Wildman–Crippen LogP) is 2.01. The average Bonchev–Trinajstić information content (AvgIpc) is 2.65. The van der Waals surface area contributed by atoms with Crippen molar-refractivity contribution in [2.75, 3.05) is 0 Å². The van der Waals surface area contributed by atoms with Crippen molar-refractivity contribution in [3.63, 3.8) is 0 Å². The normalized spacial score (nSPS) is 10.4. The molecular weight excluding hydrogens is 200 g/mol. The number of aromatic nitrogens is 4. The average molecular weight is 209 g/mol. The van der Waals surface area contributed by atoms with E-state index in [0.717, 1.165) is 12.2 Å². The number of imidazole rings is 1. The molecule has 0 atom stereocenters. The molecule has 0 saturated heterocycles. The molecule has 0 amide bonds. The van der Waals surface area contributed by atoms with Crippen molar-refractivity contribution in [2.24, 2.45) is 0 Å². The molecule has 0 N–H and O–H groups in total. The molecule has 0 unspecified atom stereocenters. The Morgan fingerprint density at radius 3 is 3.07 bits per heavy atom. The number of hydrogen-bond donors (Lipinski definition) is 0. The van der Waals surface area contributed by atoms with E-state index in [1.807, 2.05) is 11.5 Å². The summed E-state index contributed by atoms with van der Waals surface area (Å²) < 4.78 is 1.96. The minimum Gasteiger partial charge on any atom is -0.328 e. The zero-order valence-corrected chi connectivity index (χ0v) is 8.44. The molecule has 2 aromatic rings. The van der Waals surface area contributed by atoms with Crippen molar-refractivity contribution in [1.82, 2.24) is 19.5 Å². The van der Waals surface area contributed by atoms with Gasteiger partial charge in [0.25, 0.3) is 0 Å². The second-order valence-corrected chi connectivity index (χ2v) is 3.16. The lowest BCUT2D eigenvalue weighted by Gasteiger charge is -2.02. The Morgan fingerprint density at radius 1 is 1.50 bits per heavy atom. The highest BCUT2D eigenvalue weighted by Crippen LogP contribution is 2.15. The Kier molecular flexibility index (Phi) is 2.45. The Bertz CT molecular complexity index is 438. The Balaban J connectivity index is 2.49. The summed E-state index contributed by atoms with van der Waals surface area (Å²) in [6.45, 7) is 2.88. The van der Waals surface area contributed by atoms with E-state index in [2.05, 4.69) is 15.0 Å². The minimum absolute atomic E-state index is 0.443. The van der Waals surface area contributed by atoms with Gasteiger partial charge in [0, 0.05) is 12.7 Å². The van der Waals surface area contributed by atoms with Crippen LogP contribution >= 0.6 is 11.6 Å². The molecule has 0 fully saturated rings. The topological polar surface area (TPSA) is 43.6 Å². The van der Waals surface area contributed by atoms with E-state index in [9.17, 15) is 0 Å². The molecule has 2 rings (SSSR count). The first-order valence-electron chi connectivity index (χ1n) is 4.30. The minimum atomic E-state index is 0.443. The molecule has 5 heteroatoms. The first kappa shape index (κ1) is 9.15. The third-order valence-electron chi connectivity index (χ3n) is 1.90. The van der Waals surface area contributed by atoms with E-state index in [0.29, 0.717) is 11.0 Å². The van der Waals surface area contributed by atoms with Crippen molar-refractivity contribution < 1.29 is 0 Å². The van der Waals surface area contributed by atoms with Crippen molar-refractivity contribution >= 4 is 11.6 Å². The van der Waals surface area contributed by atoms with Crippen LogP contribution in [0.1, 0.15) is 6.92 Å². The summed E-state index contributed by atoms with van der Waals surface area (Å²) in [4.78, 5) is 12.3. The second-order valence-electron chi connectivity index (χ2n) is 2.77. The standard InChI is InChI=1S/C9H9ClN4/c1-2-14-6-11-5-7(14)9-12-4-3-8(10)13-9/h3-6H,2H2,1H3. The summed E-state index contributed by atoms with van der Waals surface area (Å²) in [6.07, 6.45) is 5.12. The first-order valence-corrected chi connectivity index (χ1v) is 4.68. The highest BCUT2D eigenvalue weighted by atomic mass is 35.5. The maximum absolute atomic E-state index is 5.78. The molecule has 0 radical (unpaired) electrons. The van der Waals surface area contributed by atoms with E-state index < -0.39 is 0 Å². The van der Waals surface area contributed by atoms with E-state index in [1.54, 1.807) is 24.8 Å². The highest BCUT2D eigenvalue weighted by molar-refractivity contribution is 6.29. The molecule has 14 heavy (non-hydrogen) atoms. The first-order chi connectivity index (χ1) is 6.81. The van der Waals surface area contributed by atoms with Gasteiger partial charge in [0.1, 0.15) is 10.8 Å². The van der Waals surface area contributed by atoms with E-state index in [1.165, 1.54) is 0 Å². The smallest absolute Gasteiger partial charge is 0.179 e. The quantitative estimate of drug-likeness (QED) is 0.710. The zero-order valence-electron chi connectivity index (χ0n) is 7.68. The van der Waals surface area contributed by atoms with Crippen LogP contribution in [0, 0.1) is 0 Å². The van der Waals surface area contributed by atoms with Crippen LogP contribution in [0.25, 0.3) is 11.5 Å². The summed E-state index contributed by atoms with van der Waals surface area (Å²) in [5, 5.41) is 0.443. The predicted molar refractivity (Wildman–Crippen MR) is 53.9 cm³/mol. The largest absolute Gasteiger partial charge is 0.328 e. The van der Waals surface area contributed by atoms with Crippen LogP contribution in [0.4, 0.5) is 0 Å². The molecule has 0 saturated carbocycles. The monoisotopic (exact) mass is 208 g/mol. The third kappa shape index (κ3) is 1.61. The lowest BCUT2D eigenvalue weighted by Crippen LogP contribution is -1.98. The third-order valence-corrected chi connectivity index (χ3v) is 2.11. The van der Waals surface area contributed by atoms with E-state index >= 15 is 0 Å². The molecule has 4 nitrogen and oxygen atoms in total. The van der Waals surface area contributed by atoms with Gasteiger partial charge in [0.05, 0.1) is 12.5 Å². The maximum Gasteiger partial charge on any atom is 0.179 e. The molecule has 72 valence electrons. The van der Waals surface area contributed by atoms with Crippen molar-refractivity contribution in [1.29, 1.82) is 0 Å². The van der Waals surface area contributed by atoms with Crippen LogP contribution < -0.4 is 0 Å². The number of nitrogens with zero attached hydrogens (tertiary/aromatic N) is 4. The molecule has 0 aliphatic carbocycles. The van der Waals surface area contributed by atoms with Crippen LogP contribution in [-0.2, 0) is 6.54 Å². The number of hydrogen-bond acceptors (Lipinski definition) is 3. The van der Waals surface area contributed by atoms with Crippen LogP contribution in [-0.4, -0.2) is 19.5 Å². The van der Waals surface area contributed by atoms with E-state index in [-0.39, 0.29) is 0 Å². The van der Waals surface area contributed by atoms with Gasteiger partial charge in [-0.1, -0.05) is 11.6 Å². The molecule has 2 heterocycles. The van der Waals surface area contributed by atoms with Gasteiger partial charge in [-0.05, 0) is 13.0 Å². The number of halogens is 1.